The molecule has 1 aromatic carbocycles. The Morgan fingerprint density at radius 3 is 2.29 bits per heavy atom. The third kappa shape index (κ3) is 5.30. The molecule has 0 saturated heterocycles. The van der Waals surface area contributed by atoms with Gasteiger partial charge in [-0.2, -0.15) is 0 Å². The molecule has 0 unspecified atom stereocenters. The van der Waals surface area contributed by atoms with Gasteiger partial charge in [0.25, 0.3) is 10.2 Å². The standard InChI is InChI=1S/C9H10N2O6/c12-10(13)16-7-9(17-11(14)15)6-8-4-2-1-3-5-8/h1-5,9H,6-7H2/t9-/m0/s1. The fourth-order valence-corrected chi connectivity index (χ4v) is 1.27. The molecule has 0 aliphatic carbocycles. The van der Waals surface area contributed by atoms with Crippen LogP contribution in [-0.4, -0.2) is 22.9 Å². The van der Waals surface area contributed by atoms with Crippen LogP contribution in [0.1, 0.15) is 5.56 Å². The maximum atomic E-state index is 10.2. The van der Waals surface area contributed by atoms with E-state index in [9.17, 15) is 20.2 Å². The average molecular weight is 242 g/mol. The summed E-state index contributed by atoms with van der Waals surface area (Å²) in [4.78, 5) is 28.6. The zero-order chi connectivity index (χ0) is 12.7. The molecular formula is C9H10N2O6. The molecule has 8 heteroatoms. The number of hydrogen-bond donors (Lipinski definition) is 0. The van der Waals surface area contributed by atoms with Crippen LogP contribution < -0.4 is 0 Å². The lowest BCUT2D eigenvalue weighted by atomic mass is 10.1. The molecule has 1 aromatic rings. The van der Waals surface area contributed by atoms with Crippen molar-refractivity contribution in [3.05, 3.63) is 56.1 Å². The van der Waals surface area contributed by atoms with Crippen molar-refractivity contribution in [2.24, 2.45) is 0 Å². The highest BCUT2D eigenvalue weighted by molar-refractivity contribution is 5.15. The van der Waals surface area contributed by atoms with Crippen molar-refractivity contribution in [2.45, 2.75) is 12.5 Å². The predicted octanol–water partition coefficient (Wildman–Crippen LogP) is 1.01. The van der Waals surface area contributed by atoms with Gasteiger partial charge in [0.15, 0.2) is 0 Å². The summed E-state index contributed by atoms with van der Waals surface area (Å²) >= 11 is 0. The van der Waals surface area contributed by atoms with E-state index in [1.54, 1.807) is 30.3 Å². The van der Waals surface area contributed by atoms with E-state index in [4.69, 9.17) is 0 Å². The summed E-state index contributed by atoms with van der Waals surface area (Å²) < 4.78 is 0. The van der Waals surface area contributed by atoms with E-state index >= 15 is 0 Å². The lowest BCUT2D eigenvalue weighted by Crippen LogP contribution is -2.26. The molecule has 0 saturated carbocycles. The highest BCUT2D eigenvalue weighted by atomic mass is 17.0. The van der Waals surface area contributed by atoms with Crippen molar-refractivity contribution in [1.82, 2.24) is 0 Å². The lowest BCUT2D eigenvalue weighted by Gasteiger charge is -2.13. The van der Waals surface area contributed by atoms with Gasteiger partial charge in [0.2, 0.25) is 0 Å². The van der Waals surface area contributed by atoms with Gasteiger partial charge in [0.1, 0.15) is 12.7 Å². The van der Waals surface area contributed by atoms with Gasteiger partial charge in [0.05, 0.1) is 0 Å². The fraction of sp³-hybridized carbons (Fsp3) is 0.333. The van der Waals surface area contributed by atoms with Gasteiger partial charge in [-0.05, 0) is 5.56 Å². The van der Waals surface area contributed by atoms with Crippen molar-refractivity contribution in [1.29, 1.82) is 0 Å². The second kappa shape index (κ2) is 6.26. The first-order valence-electron chi connectivity index (χ1n) is 4.70. The van der Waals surface area contributed by atoms with Crippen LogP contribution in [0.5, 0.6) is 0 Å². The van der Waals surface area contributed by atoms with Gasteiger partial charge in [-0.25, -0.2) is 0 Å². The Labute approximate surface area is 96.0 Å². The Kier molecular flexibility index (Phi) is 4.67. The molecule has 0 radical (unpaired) electrons. The lowest BCUT2D eigenvalue weighted by molar-refractivity contribution is -0.789. The number of benzene rings is 1. The van der Waals surface area contributed by atoms with Crippen LogP contribution in [0.15, 0.2) is 30.3 Å². The topological polar surface area (TPSA) is 105 Å². The van der Waals surface area contributed by atoms with Crippen LogP contribution in [0.2, 0.25) is 0 Å². The minimum Gasteiger partial charge on any atom is -0.312 e. The van der Waals surface area contributed by atoms with Crippen LogP contribution >= 0.6 is 0 Å². The molecule has 0 heterocycles. The predicted molar refractivity (Wildman–Crippen MR) is 55.0 cm³/mol. The van der Waals surface area contributed by atoms with E-state index < -0.39 is 22.9 Å². The van der Waals surface area contributed by atoms with Gasteiger partial charge in [-0.15, -0.1) is 20.2 Å². The molecule has 17 heavy (non-hydrogen) atoms. The minimum atomic E-state index is -1.01. The highest BCUT2D eigenvalue weighted by Gasteiger charge is 2.16. The van der Waals surface area contributed by atoms with E-state index in [1.165, 1.54) is 0 Å². The van der Waals surface area contributed by atoms with Gasteiger partial charge in [-0.1, -0.05) is 30.3 Å². The fourth-order valence-electron chi connectivity index (χ4n) is 1.27. The quantitative estimate of drug-likeness (QED) is 0.522. The van der Waals surface area contributed by atoms with Crippen molar-refractivity contribution in [3.8, 4) is 0 Å². The zero-order valence-electron chi connectivity index (χ0n) is 8.72. The average Bonchev–Trinajstić information content (AvgIpc) is 2.26. The molecule has 1 rings (SSSR count). The van der Waals surface area contributed by atoms with Gasteiger partial charge >= 0.3 is 0 Å². The molecule has 0 aliphatic heterocycles. The first kappa shape index (κ1) is 12.7. The van der Waals surface area contributed by atoms with Crippen LogP contribution in [-0.2, 0) is 16.1 Å². The summed E-state index contributed by atoms with van der Waals surface area (Å²) in [6, 6.07) is 8.78. The minimum absolute atomic E-state index is 0.162. The monoisotopic (exact) mass is 242 g/mol. The Morgan fingerprint density at radius 1 is 1.12 bits per heavy atom. The number of nitrogens with zero attached hydrogens (tertiary/aromatic N) is 2. The Bertz CT molecular complexity index is 382. The Morgan fingerprint density at radius 2 is 1.76 bits per heavy atom. The van der Waals surface area contributed by atoms with Crippen molar-refractivity contribution in [2.75, 3.05) is 6.61 Å². The second-order valence-electron chi connectivity index (χ2n) is 3.16. The van der Waals surface area contributed by atoms with Crippen molar-refractivity contribution in [3.63, 3.8) is 0 Å². The summed E-state index contributed by atoms with van der Waals surface area (Å²) in [5, 5.41) is 18.2. The molecule has 0 aromatic heterocycles. The summed E-state index contributed by atoms with van der Waals surface area (Å²) in [5.41, 5.74) is 0.770. The third-order valence-electron chi connectivity index (χ3n) is 1.91. The number of rotatable bonds is 7. The third-order valence-corrected chi connectivity index (χ3v) is 1.91. The maximum Gasteiger partial charge on any atom is 0.294 e. The SMILES string of the molecule is O=[N+]([O-])OC[C@H](Cc1ccccc1)O[N+](=O)[O-]. The molecular weight excluding hydrogens is 232 g/mol. The molecule has 0 aliphatic rings. The van der Waals surface area contributed by atoms with Gasteiger partial charge in [-0.3, -0.25) is 0 Å². The Balaban J connectivity index is 2.56. The summed E-state index contributed by atoms with van der Waals surface area (Å²) in [5.74, 6) is 0. The van der Waals surface area contributed by atoms with E-state index in [0.717, 1.165) is 5.56 Å². The van der Waals surface area contributed by atoms with Crippen molar-refractivity contribution >= 4 is 0 Å². The van der Waals surface area contributed by atoms with Crippen LogP contribution in [0, 0.1) is 20.2 Å². The molecule has 0 amide bonds. The molecule has 1 atom stereocenters. The van der Waals surface area contributed by atoms with Crippen LogP contribution in [0.3, 0.4) is 0 Å². The van der Waals surface area contributed by atoms with Gasteiger partial charge in [0, 0.05) is 6.42 Å². The first-order valence-corrected chi connectivity index (χ1v) is 4.70. The molecule has 92 valence electrons. The summed E-state index contributed by atoms with van der Waals surface area (Å²) in [6.45, 7) is -0.483. The molecule has 0 bridgehead atoms. The zero-order valence-corrected chi connectivity index (χ0v) is 8.72. The summed E-state index contributed by atoms with van der Waals surface area (Å²) in [7, 11) is 0. The van der Waals surface area contributed by atoms with E-state index in [-0.39, 0.29) is 6.42 Å². The second-order valence-corrected chi connectivity index (χ2v) is 3.16. The Hall–Kier alpha value is -2.38. The molecule has 0 N–H and O–H groups in total. The molecule has 8 nitrogen and oxygen atoms in total. The van der Waals surface area contributed by atoms with E-state index in [0.29, 0.717) is 0 Å². The number of hydrogen-bond acceptors (Lipinski definition) is 6. The van der Waals surface area contributed by atoms with Gasteiger partial charge < -0.3 is 9.68 Å². The first-order chi connectivity index (χ1) is 8.08. The molecule has 0 fully saturated rings. The summed E-state index contributed by atoms with van der Waals surface area (Å²) in [6.07, 6.45) is -0.840. The largest absolute Gasteiger partial charge is 0.312 e. The maximum absolute atomic E-state index is 10.2. The molecule has 0 spiro atoms. The van der Waals surface area contributed by atoms with E-state index in [2.05, 4.69) is 9.68 Å². The van der Waals surface area contributed by atoms with Crippen LogP contribution in [0.25, 0.3) is 0 Å². The normalized spacial score (nSPS) is 11.5. The van der Waals surface area contributed by atoms with E-state index in [1.807, 2.05) is 0 Å². The van der Waals surface area contributed by atoms with Crippen molar-refractivity contribution < 1.29 is 19.8 Å². The highest BCUT2D eigenvalue weighted by Crippen LogP contribution is 2.06. The smallest absolute Gasteiger partial charge is 0.294 e. The van der Waals surface area contributed by atoms with Crippen LogP contribution in [0.4, 0.5) is 0 Å².